The Hall–Kier alpha value is -0.300. The molecule has 0 aliphatic carbocycles. The van der Waals surface area contributed by atoms with Gasteiger partial charge in [0, 0.05) is 0 Å². The van der Waals surface area contributed by atoms with Gasteiger partial charge in [-0.25, -0.2) is 8.78 Å². The van der Waals surface area contributed by atoms with E-state index in [4.69, 9.17) is 15.3 Å². The van der Waals surface area contributed by atoms with E-state index in [0.717, 1.165) is 0 Å². The summed E-state index contributed by atoms with van der Waals surface area (Å²) in [7, 11) is 0. The standard InChI is InChI=1S/C6H10F2O4/c7-1-2-4(9)3(8)5(10)6(11)12-2/h2-6,9-11H,1H2/t2-,3-,4-,5-,6-/m1/s1. The molecule has 1 fully saturated rings. The zero-order valence-corrected chi connectivity index (χ0v) is 6.10. The number of aliphatic hydroxyl groups excluding tert-OH is 3. The van der Waals surface area contributed by atoms with Crippen LogP contribution in [-0.4, -0.2) is 52.8 Å². The van der Waals surface area contributed by atoms with E-state index in [9.17, 15) is 8.78 Å². The summed E-state index contributed by atoms with van der Waals surface area (Å²) in [6, 6.07) is 0. The fraction of sp³-hybridized carbons (Fsp3) is 1.00. The van der Waals surface area contributed by atoms with Crippen molar-refractivity contribution in [3.8, 4) is 0 Å². The fourth-order valence-electron chi connectivity index (χ4n) is 1.03. The summed E-state index contributed by atoms with van der Waals surface area (Å²) in [6.07, 6.45) is -8.80. The number of alkyl halides is 2. The monoisotopic (exact) mass is 184 g/mol. The van der Waals surface area contributed by atoms with Gasteiger partial charge >= 0.3 is 0 Å². The Kier molecular flexibility index (Phi) is 2.94. The maximum absolute atomic E-state index is 12.8. The van der Waals surface area contributed by atoms with Crippen LogP contribution in [0.1, 0.15) is 0 Å². The van der Waals surface area contributed by atoms with Crippen molar-refractivity contribution in [3.05, 3.63) is 0 Å². The van der Waals surface area contributed by atoms with Gasteiger partial charge in [0.25, 0.3) is 0 Å². The highest BCUT2D eigenvalue weighted by molar-refractivity contribution is 4.88. The second kappa shape index (κ2) is 3.61. The maximum atomic E-state index is 12.8. The van der Waals surface area contributed by atoms with Gasteiger partial charge in [-0.15, -0.1) is 0 Å². The van der Waals surface area contributed by atoms with E-state index in [1.165, 1.54) is 0 Å². The van der Waals surface area contributed by atoms with E-state index in [1.807, 2.05) is 0 Å². The molecule has 0 aromatic carbocycles. The van der Waals surface area contributed by atoms with Gasteiger partial charge in [0.05, 0.1) is 0 Å². The highest BCUT2D eigenvalue weighted by Crippen LogP contribution is 2.22. The van der Waals surface area contributed by atoms with Crippen LogP contribution >= 0.6 is 0 Å². The summed E-state index contributed by atoms with van der Waals surface area (Å²) in [6.45, 7) is -1.11. The summed E-state index contributed by atoms with van der Waals surface area (Å²) in [5, 5.41) is 26.5. The zero-order valence-electron chi connectivity index (χ0n) is 6.10. The van der Waals surface area contributed by atoms with Gasteiger partial charge in [-0.05, 0) is 0 Å². The number of aliphatic hydroxyl groups is 3. The molecule has 1 heterocycles. The molecule has 1 aliphatic rings. The van der Waals surface area contributed by atoms with Crippen molar-refractivity contribution in [2.24, 2.45) is 0 Å². The Labute approximate surface area is 67.4 Å². The van der Waals surface area contributed by atoms with Crippen molar-refractivity contribution in [1.29, 1.82) is 0 Å². The molecule has 3 N–H and O–H groups in total. The van der Waals surface area contributed by atoms with E-state index < -0.39 is 37.4 Å². The Morgan fingerprint density at radius 3 is 2.25 bits per heavy atom. The molecule has 6 heteroatoms. The average Bonchev–Trinajstić information content (AvgIpc) is 2.08. The lowest BCUT2D eigenvalue weighted by atomic mass is 10.0. The lowest BCUT2D eigenvalue weighted by molar-refractivity contribution is -0.271. The lowest BCUT2D eigenvalue weighted by Crippen LogP contribution is -2.56. The van der Waals surface area contributed by atoms with Crippen molar-refractivity contribution >= 4 is 0 Å². The Bertz CT molecular complexity index is 152. The SMILES string of the molecule is O[C@@H]1[C@H](F)[C@H](O)[C@@H](CF)O[C@H]1O. The Morgan fingerprint density at radius 1 is 1.17 bits per heavy atom. The quantitative estimate of drug-likeness (QED) is 0.475. The molecule has 1 rings (SSSR count). The van der Waals surface area contributed by atoms with Crippen LogP contribution in [0.25, 0.3) is 0 Å². The molecule has 0 bridgehead atoms. The molecule has 1 saturated heterocycles. The van der Waals surface area contributed by atoms with Crippen molar-refractivity contribution < 1.29 is 28.8 Å². The number of hydrogen-bond acceptors (Lipinski definition) is 4. The molecule has 0 radical (unpaired) electrons. The Morgan fingerprint density at radius 2 is 1.75 bits per heavy atom. The second-order valence-electron chi connectivity index (χ2n) is 2.65. The van der Waals surface area contributed by atoms with Crippen LogP contribution < -0.4 is 0 Å². The first-order chi connectivity index (χ1) is 5.57. The number of rotatable bonds is 1. The van der Waals surface area contributed by atoms with Crippen LogP contribution in [0.15, 0.2) is 0 Å². The van der Waals surface area contributed by atoms with Crippen molar-refractivity contribution in [1.82, 2.24) is 0 Å². The Balaban J connectivity index is 2.63. The van der Waals surface area contributed by atoms with Crippen molar-refractivity contribution in [2.75, 3.05) is 6.67 Å². The molecule has 72 valence electrons. The van der Waals surface area contributed by atoms with Gasteiger partial charge in [-0.2, -0.15) is 0 Å². The largest absolute Gasteiger partial charge is 0.387 e. The maximum Gasteiger partial charge on any atom is 0.184 e. The third-order valence-corrected chi connectivity index (χ3v) is 1.79. The highest BCUT2D eigenvalue weighted by Gasteiger charge is 2.44. The molecule has 0 amide bonds. The molecule has 0 aromatic rings. The second-order valence-corrected chi connectivity index (χ2v) is 2.65. The summed E-state index contributed by atoms with van der Waals surface area (Å²) < 4.78 is 29.1. The first-order valence-electron chi connectivity index (χ1n) is 3.47. The molecular formula is C6H10F2O4. The van der Waals surface area contributed by atoms with Gasteiger partial charge in [-0.1, -0.05) is 0 Å². The normalized spacial score (nSPS) is 49.2. The smallest absolute Gasteiger partial charge is 0.184 e. The number of hydrogen-bond donors (Lipinski definition) is 3. The number of halogens is 2. The molecule has 4 nitrogen and oxygen atoms in total. The van der Waals surface area contributed by atoms with E-state index in [0.29, 0.717) is 0 Å². The highest BCUT2D eigenvalue weighted by atomic mass is 19.1. The zero-order chi connectivity index (χ0) is 9.30. The first-order valence-corrected chi connectivity index (χ1v) is 3.47. The average molecular weight is 184 g/mol. The van der Waals surface area contributed by atoms with Crippen LogP contribution in [0, 0.1) is 0 Å². The third-order valence-electron chi connectivity index (χ3n) is 1.79. The van der Waals surface area contributed by atoms with E-state index in [1.54, 1.807) is 0 Å². The van der Waals surface area contributed by atoms with Crippen LogP contribution in [0.4, 0.5) is 8.78 Å². The van der Waals surface area contributed by atoms with Crippen LogP contribution in [0.3, 0.4) is 0 Å². The summed E-state index contributed by atoms with van der Waals surface area (Å²) in [5.74, 6) is 0. The van der Waals surface area contributed by atoms with E-state index >= 15 is 0 Å². The predicted octanol–water partition coefficient (Wildman–Crippen LogP) is -1.27. The van der Waals surface area contributed by atoms with Gasteiger partial charge < -0.3 is 20.1 Å². The van der Waals surface area contributed by atoms with Crippen molar-refractivity contribution in [2.45, 2.75) is 30.8 Å². The van der Waals surface area contributed by atoms with Gasteiger partial charge in [0.2, 0.25) is 0 Å². The molecule has 0 spiro atoms. The molecule has 12 heavy (non-hydrogen) atoms. The summed E-state index contributed by atoms with van der Waals surface area (Å²) in [5.41, 5.74) is 0. The van der Waals surface area contributed by atoms with Crippen LogP contribution in [0.5, 0.6) is 0 Å². The lowest BCUT2D eigenvalue weighted by Gasteiger charge is -2.35. The van der Waals surface area contributed by atoms with E-state index in [2.05, 4.69) is 4.74 Å². The third kappa shape index (κ3) is 1.56. The molecule has 0 aromatic heterocycles. The van der Waals surface area contributed by atoms with Gasteiger partial charge in [0.1, 0.15) is 25.0 Å². The van der Waals surface area contributed by atoms with Crippen LogP contribution in [0.2, 0.25) is 0 Å². The first kappa shape index (κ1) is 9.79. The minimum absolute atomic E-state index is 1.11. The summed E-state index contributed by atoms with van der Waals surface area (Å²) in [4.78, 5) is 0. The number of ether oxygens (including phenoxy) is 1. The minimum Gasteiger partial charge on any atom is -0.387 e. The van der Waals surface area contributed by atoms with Crippen LogP contribution in [-0.2, 0) is 4.74 Å². The molecule has 0 saturated carbocycles. The summed E-state index contributed by atoms with van der Waals surface area (Å²) >= 11 is 0. The topological polar surface area (TPSA) is 69.9 Å². The van der Waals surface area contributed by atoms with E-state index in [-0.39, 0.29) is 0 Å². The molecular weight excluding hydrogens is 174 g/mol. The molecule has 5 atom stereocenters. The van der Waals surface area contributed by atoms with Crippen molar-refractivity contribution in [3.63, 3.8) is 0 Å². The van der Waals surface area contributed by atoms with Gasteiger partial charge in [0.15, 0.2) is 12.5 Å². The molecule has 1 aliphatic heterocycles. The predicted molar refractivity (Wildman–Crippen MR) is 33.8 cm³/mol. The fourth-order valence-corrected chi connectivity index (χ4v) is 1.03. The van der Waals surface area contributed by atoms with Gasteiger partial charge in [-0.3, -0.25) is 0 Å². The molecule has 0 unspecified atom stereocenters. The minimum atomic E-state index is -2.07.